The van der Waals surface area contributed by atoms with Crippen molar-refractivity contribution in [3.63, 3.8) is 0 Å². The van der Waals surface area contributed by atoms with Crippen molar-refractivity contribution in [1.82, 2.24) is 4.90 Å². The molecule has 1 saturated heterocycles. The van der Waals surface area contributed by atoms with E-state index in [2.05, 4.69) is 0 Å². The van der Waals surface area contributed by atoms with Crippen molar-refractivity contribution >= 4 is 22.8 Å². The largest absolute Gasteiger partial charge is 0.481 e. The van der Waals surface area contributed by atoms with Gasteiger partial charge in [-0.3, -0.25) is 4.79 Å². The lowest BCUT2D eigenvalue weighted by Crippen LogP contribution is -2.46. The Morgan fingerprint density at radius 2 is 2.15 bits per heavy atom. The van der Waals surface area contributed by atoms with E-state index < -0.39 is 23.7 Å². The van der Waals surface area contributed by atoms with Crippen LogP contribution in [0.15, 0.2) is 33.5 Å². The molecule has 1 aliphatic rings. The van der Waals surface area contributed by atoms with Gasteiger partial charge in [0.05, 0.1) is 0 Å². The Morgan fingerprint density at radius 3 is 2.85 bits per heavy atom. The zero-order valence-corrected chi connectivity index (χ0v) is 14.7. The summed E-state index contributed by atoms with van der Waals surface area (Å²) >= 11 is 0. The number of hydrogen-bond donors (Lipinski definition) is 1. The Morgan fingerprint density at radius 1 is 1.38 bits per heavy atom. The van der Waals surface area contributed by atoms with Crippen molar-refractivity contribution in [3.8, 4) is 5.75 Å². The summed E-state index contributed by atoms with van der Waals surface area (Å²) in [5.41, 5.74) is 0.848. The normalized spacial score (nSPS) is 18.1. The number of hydrogen-bond acceptors (Lipinski definition) is 5. The summed E-state index contributed by atoms with van der Waals surface area (Å²) in [4.78, 5) is 36.8. The Bertz CT molecular complexity index is 903. The molecule has 26 heavy (non-hydrogen) atoms. The van der Waals surface area contributed by atoms with E-state index in [1.165, 1.54) is 11.0 Å². The maximum absolute atomic E-state index is 12.5. The standard InChI is InChI=1S/C19H21NO6/c1-3-12-9-17(21)26-16-10-13(6-7-14(12)16)25-11(2)18(22)20-8-4-5-15(20)19(23)24/h6-7,9-11,15H,3-5,8H2,1-2H3,(H,23,24)/t11-,15+/m0/s1. The highest BCUT2D eigenvalue weighted by Crippen LogP contribution is 2.25. The average Bonchev–Trinajstić information content (AvgIpc) is 3.09. The zero-order valence-electron chi connectivity index (χ0n) is 14.7. The number of aliphatic carboxylic acids is 1. The van der Waals surface area contributed by atoms with Crippen LogP contribution in [0, 0.1) is 0 Å². The summed E-state index contributed by atoms with van der Waals surface area (Å²) < 4.78 is 10.9. The van der Waals surface area contributed by atoms with Gasteiger partial charge >= 0.3 is 11.6 Å². The number of aryl methyl sites for hydroxylation is 1. The molecular formula is C19H21NO6. The molecule has 1 aromatic carbocycles. The maximum Gasteiger partial charge on any atom is 0.336 e. The molecule has 0 unspecified atom stereocenters. The molecule has 138 valence electrons. The number of amides is 1. The van der Waals surface area contributed by atoms with E-state index in [1.807, 2.05) is 6.92 Å². The van der Waals surface area contributed by atoms with Gasteiger partial charge in [0, 0.05) is 24.1 Å². The number of carboxylic acid groups (broad SMARTS) is 1. The van der Waals surface area contributed by atoms with E-state index >= 15 is 0 Å². The second-order valence-corrected chi connectivity index (χ2v) is 6.39. The number of carbonyl (C=O) groups excluding carboxylic acids is 1. The van der Waals surface area contributed by atoms with Gasteiger partial charge in [0.15, 0.2) is 6.10 Å². The SMILES string of the molecule is CCc1cc(=O)oc2cc(O[C@@H](C)C(=O)N3CCC[C@@H]3C(=O)O)ccc12. The molecule has 7 nitrogen and oxygen atoms in total. The van der Waals surface area contributed by atoms with Gasteiger partial charge in [0.1, 0.15) is 17.4 Å². The van der Waals surface area contributed by atoms with Crippen LogP contribution in [0.25, 0.3) is 11.0 Å². The van der Waals surface area contributed by atoms with Crippen molar-refractivity contribution in [2.24, 2.45) is 0 Å². The molecule has 1 amide bonds. The van der Waals surface area contributed by atoms with E-state index in [0.717, 1.165) is 10.9 Å². The third-order valence-electron chi connectivity index (χ3n) is 4.66. The van der Waals surface area contributed by atoms with Gasteiger partial charge in [-0.05, 0) is 43.9 Å². The molecule has 7 heteroatoms. The number of nitrogens with zero attached hydrogens (tertiary/aromatic N) is 1. The van der Waals surface area contributed by atoms with Gasteiger partial charge in [-0.1, -0.05) is 6.92 Å². The Labute approximate surface area is 150 Å². The number of likely N-dealkylation sites (tertiary alicyclic amines) is 1. The molecule has 0 radical (unpaired) electrons. The lowest BCUT2D eigenvalue weighted by molar-refractivity contribution is -0.150. The van der Waals surface area contributed by atoms with E-state index in [1.54, 1.807) is 25.1 Å². The van der Waals surface area contributed by atoms with Gasteiger partial charge in [-0.2, -0.15) is 0 Å². The molecule has 2 aromatic rings. The minimum Gasteiger partial charge on any atom is -0.481 e. The first-order valence-electron chi connectivity index (χ1n) is 8.67. The fraction of sp³-hybridized carbons (Fsp3) is 0.421. The summed E-state index contributed by atoms with van der Waals surface area (Å²) in [7, 11) is 0. The van der Waals surface area contributed by atoms with E-state index in [0.29, 0.717) is 37.1 Å². The minimum absolute atomic E-state index is 0.362. The third kappa shape index (κ3) is 3.42. The average molecular weight is 359 g/mol. The van der Waals surface area contributed by atoms with Gasteiger partial charge in [0.2, 0.25) is 0 Å². The number of fused-ring (bicyclic) bond motifs is 1. The number of ether oxygens (including phenoxy) is 1. The summed E-state index contributed by atoms with van der Waals surface area (Å²) in [5, 5.41) is 10.0. The Balaban J connectivity index is 1.81. The van der Waals surface area contributed by atoms with Gasteiger partial charge in [-0.25, -0.2) is 9.59 Å². The molecule has 3 rings (SSSR count). The van der Waals surface area contributed by atoms with Crippen LogP contribution in [0.3, 0.4) is 0 Å². The summed E-state index contributed by atoms with van der Waals surface area (Å²) in [6.45, 7) is 3.95. The fourth-order valence-electron chi connectivity index (χ4n) is 3.35. The lowest BCUT2D eigenvalue weighted by Gasteiger charge is -2.25. The van der Waals surface area contributed by atoms with Crippen molar-refractivity contribution in [1.29, 1.82) is 0 Å². The zero-order chi connectivity index (χ0) is 18.8. The maximum atomic E-state index is 12.5. The molecule has 2 atom stereocenters. The molecule has 1 aromatic heterocycles. The van der Waals surface area contributed by atoms with Crippen LogP contribution in [-0.4, -0.2) is 40.6 Å². The molecule has 0 bridgehead atoms. The van der Waals surface area contributed by atoms with Crippen molar-refractivity contribution in [3.05, 3.63) is 40.2 Å². The van der Waals surface area contributed by atoms with E-state index in [4.69, 9.17) is 9.15 Å². The van der Waals surface area contributed by atoms with Crippen LogP contribution >= 0.6 is 0 Å². The highest BCUT2D eigenvalue weighted by Gasteiger charge is 2.36. The fourth-order valence-corrected chi connectivity index (χ4v) is 3.35. The Kier molecular flexibility index (Phi) is 4.97. The second-order valence-electron chi connectivity index (χ2n) is 6.39. The first-order valence-corrected chi connectivity index (χ1v) is 8.67. The first-order chi connectivity index (χ1) is 12.4. The van der Waals surface area contributed by atoms with Crippen LogP contribution in [0.5, 0.6) is 5.75 Å². The number of rotatable bonds is 5. The summed E-state index contributed by atoms with van der Waals surface area (Å²) in [6.07, 6.45) is 0.974. The molecule has 0 saturated carbocycles. The van der Waals surface area contributed by atoms with Crippen molar-refractivity contribution in [2.45, 2.75) is 45.3 Å². The molecular weight excluding hydrogens is 338 g/mol. The van der Waals surface area contributed by atoms with E-state index in [-0.39, 0.29) is 5.91 Å². The topological polar surface area (TPSA) is 97.0 Å². The summed E-state index contributed by atoms with van der Waals surface area (Å²) in [6, 6.07) is 5.76. The first kappa shape index (κ1) is 18.0. The van der Waals surface area contributed by atoms with Gasteiger partial charge < -0.3 is 19.2 Å². The van der Waals surface area contributed by atoms with Crippen LogP contribution < -0.4 is 10.4 Å². The second kappa shape index (κ2) is 7.19. The van der Waals surface area contributed by atoms with Crippen LogP contribution in [0.2, 0.25) is 0 Å². The number of carboxylic acids is 1. The predicted molar refractivity (Wildman–Crippen MR) is 94.3 cm³/mol. The van der Waals surface area contributed by atoms with Crippen LogP contribution in [0.1, 0.15) is 32.3 Å². The number of benzene rings is 1. The van der Waals surface area contributed by atoms with Gasteiger partial charge in [0.25, 0.3) is 5.91 Å². The molecule has 1 N–H and O–H groups in total. The molecule has 1 fully saturated rings. The van der Waals surface area contributed by atoms with Gasteiger partial charge in [-0.15, -0.1) is 0 Å². The number of carbonyl (C=O) groups is 2. The Hall–Kier alpha value is -2.83. The van der Waals surface area contributed by atoms with Crippen LogP contribution in [-0.2, 0) is 16.0 Å². The lowest BCUT2D eigenvalue weighted by atomic mass is 10.1. The smallest absolute Gasteiger partial charge is 0.336 e. The molecule has 2 heterocycles. The van der Waals surface area contributed by atoms with E-state index in [9.17, 15) is 19.5 Å². The highest BCUT2D eigenvalue weighted by molar-refractivity contribution is 5.87. The van der Waals surface area contributed by atoms with Crippen LogP contribution in [0.4, 0.5) is 0 Å². The minimum atomic E-state index is -0.998. The molecule has 0 aliphatic carbocycles. The summed E-state index contributed by atoms with van der Waals surface area (Å²) in [5.74, 6) is -0.970. The monoisotopic (exact) mass is 359 g/mol. The third-order valence-corrected chi connectivity index (χ3v) is 4.66. The van der Waals surface area contributed by atoms with Crippen molar-refractivity contribution in [2.75, 3.05) is 6.54 Å². The molecule has 0 spiro atoms. The molecule has 1 aliphatic heterocycles. The quantitative estimate of drug-likeness (QED) is 0.822. The van der Waals surface area contributed by atoms with Crippen molar-refractivity contribution < 1.29 is 23.8 Å². The predicted octanol–water partition coefficient (Wildman–Crippen LogP) is 2.20. The highest BCUT2D eigenvalue weighted by atomic mass is 16.5.